The number of imidazole rings is 1. The smallest absolute Gasteiger partial charge is 0.171 e. The molecule has 0 aliphatic carbocycles. The molecule has 0 unspecified atom stereocenters. The van der Waals surface area contributed by atoms with Crippen molar-refractivity contribution in [2.24, 2.45) is 0 Å². The molecule has 0 radical (unpaired) electrons. The molecule has 11 heavy (non-hydrogen) atoms. The fourth-order valence-electron chi connectivity index (χ4n) is 0.858. The Hall–Kier alpha value is -0.170. The Bertz CT molecular complexity index is 398. The maximum atomic E-state index is 4.16. The van der Waals surface area contributed by atoms with E-state index in [2.05, 4.69) is 48.5 Å². The minimum Gasteiger partial charge on any atom is -0.291 e. The van der Waals surface area contributed by atoms with Crippen LogP contribution in [0.15, 0.2) is 23.2 Å². The second-order valence-electron chi connectivity index (χ2n) is 1.99. The topological polar surface area (TPSA) is 30.2 Å². The number of fused-ring (bicyclic) bond motifs is 1. The van der Waals surface area contributed by atoms with Crippen molar-refractivity contribution in [1.29, 1.82) is 0 Å². The number of nitrogens with zero attached hydrogens (tertiary/aromatic N) is 3. The van der Waals surface area contributed by atoms with Gasteiger partial charge in [0, 0.05) is 12.4 Å². The normalized spacial score (nSPS) is 10.7. The second-order valence-corrected chi connectivity index (χ2v) is 3.85. The van der Waals surface area contributed by atoms with Crippen molar-refractivity contribution in [2.45, 2.75) is 0 Å². The van der Waals surface area contributed by atoms with E-state index in [9.17, 15) is 0 Å². The van der Waals surface area contributed by atoms with Gasteiger partial charge < -0.3 is 0 Å². The standard InChI is InChI=1S/C6H3BrIN3/c7-5-6-10-3-4(8)11(6)2-1-9-5/h1-3H. The molecule has 2 heterocycles. The SMILES string of the molecule is Brc1nccn2c(I)cnc12. The summed E-state index contributed by atoms with van der Waals surface area (Å²) in [6, 6.07) is 0. The molecule has 0 spiro atoms. The van der Waals surface area contributed by atoms with E-state index in [1.807, 2.05) is 16.8 Å². The first kappa shape index (κ1) is 7.48. The van der Waals surface area contributed by atoms with E-state index in [1.165, 1.54) is 0 Å². The highest BCUT2D eigenvalue weighted by atomic mass is 127. The first-order chi connectivity index (χ1) is 5.29. The monoisotopic (exact) mass is 323 g/mol. The maximum Gasteiger partial charge on any atom is 0.171 e. The zero-order valence-electron chi connectivity index (χ0n) is 5.33. The molecule has 0 N–H and O–H groups in total. The number of halogens is 2. The van der Waals surface area contributed by atoms with Gasteiger partial charge in [0.2, 0.25) is 0 Å². The van der Waals surface area contributed by atoms with Gasteiger partial charge in [0.1, 0.15) is 8.30 Å². The molecule has 0 amide bonds. The van der Waals surface area contributed by atoms with Crippen LogP contribution in [0.4, 0.5) is 0 Å². The van der Waals surface area contributed by atoms with Crippen LogP contribution in [-0.4, -0.2) is 14.4 Å². The summed E-state index contributed by atoms with van der Waals surface area (Å²) in [5.41, 5.74) is 0.858. The van der Waals surface area contributed by atoms with Gasteiger partial charge in [-0.15, -0.1) is 0 Å². The van der Waals surface area contributed by atoms with E-state index in [-0.39, 0.29) is 0 Å². The Kier molecular flexibility index (Phi) is 1.84. The fourth-order valence-corrected chi connectivity index (χ4v) is 1.80. The molecule has 0 saturated carbocycles. The summed E-state index contributed by atoms with van der Waals surface area (Å²) in [4.78, 5) is 8.21. The average molecular weight is 324 g/mol. The molecule has 0 atom stereocenters. The zero-order valence-corrected chi connectivity index (χ0v) is 9.07. The summed E-state index contributed by atoms with van der Waals surface area (Å²) in [7, 11) is 0. The fraction of sp³-hybridized carbons (Fsp3) is 0. The van der Waals surface area contributed by atoms with Crippen molar-refractivity contribution in [3.05, 3.63) is 26.9 Å². The lowest BCUT2D eigenvalue weighted by molar-refractivity contribution is 1.08. The van der Waals surface area contributed by atoms with Crippen LogP contribution in [0.1, 0.15) is 0 Å². The first-order valence-electron chi connectivity index (χ1n) is 2.92. The Morgan fingerprint density at radius 1 is 1.45 bits per heavy atom. The van der Waals surface area contributed by atoms with Crippen molar-refractivity contribution in [3.8, 4) is 0 Å². The number of hydrogen-bond acceptors (Lipinski definition) is 2. The maximum absolute atomic E-state index is 4.16. The molecule has 3 nitrogen and oxygen atoms in total. The van der Waals surface area contributed by atoms with Crippen molar-refractivity contribution in [1.82, 2.24) is 14.4 Å². The molecule has 5 heteroatoms. The molecule has 0 fully saturated rings. The van der Waals surface area contributed by atoms with Gasteiger partial charge in [0.15, 0.2) is 5.65 Å². The highest BCUT2D eigenvalue weighted by Crippen LogP contribution is 2.15. The Labute approximate surface area is 85.1 Å². The van der Waals surface area contributed by atoms with Crippen LogP contribution < -0.4 is 0 Å². The van der Waals surface area contributed by atoms with Crippen LogP contribution in [-0.2, 0) is 0 Å². The van der Waals surface area contributed by atoms with E-state index in [0.717, 1.165) is 14.0 Å². The van der Waals surface area contributed by atoms with Gasteiger partial charge in [0.05, 0.1) is 6.20 Å². The number of hydrogen-bond donors (Lipinski definition) is 0. The van der Waals surface area contributed by atoms with Gasteiger partial charge >= 0.3 is 0 Å². The van der Waals surface area contributed by atoms with Gasteiger partial charge in [-0.1, -0.05) is 0 Å². The third kappa shape index (κ3) is 1.16. The molecule has 0 aliphatic rings. The summed E-state index contributed by atoms with van der Waals surface area (Å²) in [6.45, 7) is 0. The van der Waals surface area contributed by atoms with E-state index in [0.29, 0.717) is 0 Å². The second kappa shape index (κ2) is 2.71. The highest BCUT2D eigenvalue weighted by Gasteiger charge is 2.02. The van der Waals surface area contributed by atoms with Crippen molar-refractivity contribution in [3.63, 3.8) is 0 Å². The molecule has 2 rings (SSSR count). The molecule has 56 valence electrons. The Balaban J connectivity index is 2.94. The van der Waals surface area contributed by atoms with Crippen LogP contribution in [0.2, 0.25) is 0 Å². The molecular weight excluding hydrogens is 321 g/mol. The van der Waals surface area contributed by atoms with E-state index in [1.54, 1.807) is 6.20 Å². The van der Waals surface area contributed by atoms with Crippen molar-refractivity contribution in [2.75, 3.05) is 0 Å². The largest absolute Gasteiger partial charge is 0.291 e. The zero-order chi connectivity index (χ0) is 7.84. The average Bonchev–Trinajstić information content (AvgIpc) is 2.35. The molecule has 0 bridgehead atoms. The predicted molar refractivity (Wildman–Crippen MR) is 53.4 cm³/mol. The van der Waals surface area contributed by atoms with Crippen molar-refractivity contribution >= 4 is 44.2 Å². The summed E-state index contributed by atoms with van der Waals surface area (Å²) in [5.74, 6) is 0. The lowest BCUT2D eigenvalue weighted by Crippen LogP contribution is -1.88. The minimum absolute atomic E-state index is 0.780. The third-order valence-corrected chi connectivity index (χ3v) is 2.70. The van der Waals surface area contributed by atoms with Crippen LogP contribution >= 0.6 is 38.5 Å². The minimum atomic E-state index is 0.780. The van der Waals surface area contributed by atoms with Gasteiger partial charge in [-0.3, -0.25) is 4.40 Å². The van der Waals surface area contributed by atoms with Gasteiger partial charge in [-0.25, -0.2) is 9.97 Å². The molecule has 0 aromatic carbocycles. The van der Waals surface area contributed by atoms with Gasteiger partial charge in [-0.05, 0) is 38.5 Å². The van der Waals surface area contributed by atoms with E-state index >= 15 is 0 Å². The summed E-state index contributed by atoms with van der Waals surface area (Å²) < 4.78 is 3.83. The molecular formula is C6H3BrIN3. The highest BCUT2D eigenvalue weighted by molar-refractivity contribution is 14.1. The third-order valence-electron chi connectivity index (χ3n) is 1.34. The lowest BCUT2D eigenvalue weighted by Gasteiger charge is -1.94. The number of aromatic nitrogens is 3. The Morgan fingerprint density at radius 2 is 2.27 bits per heavy atom. The van der Waals surface area contributed by atoms with Crippen LogP contribution in [0.5, 0.6) is 0 Å². The predicted octanol–water partition coefficient (Wildman–Crippen LogP) is 2.10. The lowest BCUT2D eigenvalue weighted by atomic mass is 10.7. The quantitative estimate of drug-likeness (QED) is 0.695. The summed E-state index contributed by atoms with van der Waals surface area (Å²) in [5, 5.41) is 0. The van der Waals surface area contributed by atoms with Crippen LogP contribution in [0, 0.1) is 3.70 Å². The summed E-state index contributed by atoms with van der Waals surface area (Å²) >= 11 is 5.53. The Morgan fingerprint density at radius 3 is 3.00 bits per heavy atom. The van der Waals surface area contributed by atoms with Crippen LogP contribution in [0.25, 0.3) is 5.65 Å². The molecule has 2 aromatic rings. The molecule has 0 aliphatic heterocycles. The molecule has 0 saturated heterocycles. The van der Waals surface area contributed by atoms with Gasteiger partial charge in [0.25, 0.3) is 0 Å². The van der Waals surface area contributed by atoms with Gasteiger partial charge in [-0.2, -0.15) is 0 Å². The van der Waals surface area contributed by atoms with Crippen molar-refractivity contribution < 1.29 is 0 Å². The van der Waals surface area contributed by atoms with E-state index < -0.39 is 0 Å². The number of rotatable bonds is 0. The van der Waals surface area contributed by atoms with Crippen LogP contribution in [0.3, 0.4) is 0 Å². The first-order valence-corrected chi connectivity index (χ1v) is 4.79. The molecule has 2 aromatic heterocycles. The summed E-state index contributed by atoms with van der Waals surface area (Å²) in [6.07, 6.45) is 5.43. The van der Waals surface area contributed by atoms with E-state index in [4.69, 9.17) is 0 Å².